The Kier molecular flexibility index (Phi) is 11.1. The van der Waals surface area contributed by atoms with Crippen molar-refractivity contribution >= 4 is 15.4 Å². The van der Waals surface area contributed by atoms with Crippen molar-refractivity contribution in [2.45, 2.75) is 78.1 Å². The van der Waals surface area contributed by atoms with Crippen molar-refractivity contribution in [1.82, 2.24) is 0 Å². The molecule has 0 aliphatic heterocycles. The lowest BCUT2D eigenvalue weighted by molar-refractivity contribution is 0.120. The third-order valence-electron chi connectivity index (χ3n) is 2.77. The molecule has 0 aliphatic carbocycles. The highest BCUT2D eigenvalue weighted by molar-refractivity contribution is 6.46. The Morgan fingerprint density at radius 2 is 1.68 bits per heavy atom. The predicted octanol–water partition coefficient (Wildman–Crippen LogP) is 3.34. The summed E-state index contributed by atoms with van der Waals surface area (Å²) in [6.45, 7) is 11.0. The molecule has 19 heavy (non-hydrogen) atoms. The number of isocyanates is 1. The molecule has 5 heteroatoms. The molecule has 0 aromatic carbocycles. The first kappa shape index (κ1) is 18.5. The molecular weight excluding hydrogens is 258 g/mol. The molecule has 0 radical (unpaired) electrons. The summed E-state index contributed by atoms with van der Waals surface area (Å²) < 4.78 is 12.1. The molecule has 0 aromatic heterocycles. The number of aliphatic imine (C=N–C) groups is 1. The SMILES string of the molecule is CCCC(CCCN=C=O)[SiH](OC(C)C)OC(C)C. The van der Waals surface area contributed by atoms with Crippen LogP contribution in [-0.4, -0.2) is 34.1 Å². The first-order valence-corrected chi connectivity index (χ1v) is 8.96. The van der Waals surface area contributed by atoms with Crippen molar-refractivity contribution in [2.75, 3.05) is 6.54 Å². The molecule has 0 aromatic rings. The highest BCUT2D eigenvalue weighted by Crippen LogP contribution is 2.26. The lowest BCUT2D eigenvalue weighted by Crippen LogP contribution is -2.34. The molecule has 0 saturated carbocycles. The van der Waals surface area contributed by atoms with E-state index in [1.54, 1.807) is 6.08 Å². The first-order valence-electron chi connectivity index (χ1n) is 7.35. The predicted molar refractivity (Wildman–Crippen MR) is 80.5 cm³/mol. The lowest BCUT2D eigenvalue weighted by atomic mass is 10.1. The standard InChI is InChI=1S/C14H29NO3Si/c1-6-8-14(9-7-10-15-11-16)19(17-12(2)3)18-13(4)5/h12-14,19H,6-10H2,1-5H3. The van der Waals surface area contributed by atoms with Gasteiger partial charge in [0.2, 0.25) is 6.08 Å². The summed E-state index contributed by atoms with van der Waals surface area (Å²) in [6.07, 6.45) is 6.20. The fourth-order valence-electron chi connectivity index (χ4n) is 2.06. The summed E-state index contributed by atoms with van der Waals surface area (Å²) in [7, 11) is -1.67. The van der Waals surface area contributed by atoms with Gasteiger partial charge in [0.15, 0.2) is 0 Å². The van der Waals surface area contributed by atoms with Gasteiger partial charge in [-0.1, -0.05) is 13.3 Å². The molecule has 1 unspecified atom stereocenters. The van der Waals surface area contributed by atoms with Gasteiger partial charge in [0, 0.05) is 12.2 Å². The van der Waals surface area contributed by atoms with Crippen LogP contribution >= 0.6 is 0 Å². The van der Waals surface area contributed by atoms with Crippen LogP contribution in [0.25, 0.3) is 0 Å². The minimum atomic E-state index is -1.67. The van der Waals surface area contributed by atoms with Crippen LogP contribution in [0.15, 0.2) is 4.99 Å². The van der Waals surface area contributed by atoms with E-state index in [1.807, 2.05) is 0 Å². The van der Waals surface area contributed by atoms with Crippen molar-refractivity contribution in [1.29, 1.82) is 0 Å². The van der Waals surface area contributed by atoms with Gasteiger partial charge >= 0.3 is 9.28 Å². The van der Waals surface area contributed by atoms with Crippen molar-refractivity contribution in [2.24, 2.45) is 4.99 Å². The second kappa shape index (κ2) is 11.4. The van der Waals surface area contributed by atoms with Gasteiger partial charge in [0.25, 0.3) is 0 Å². The van der Waals surface area contributed by atoms with E-state index >= 15 is 0 Å². The van der Waals surface area contributed by atoms with E-state index < -0.39 is 9.28 Å². The van der Waals surface area contributed by atoms with Gasteiger partial charge in [0.1, 0.15) is 0 Å². The Bertz CT molecular complexity index is 255. The summed E-state index contributed by atoms with van der Waals surface area (Å²) in [5, 5.41) is 0. The molecule has 1 atom stereocenters. The maximum Gasteiger partial charge on any atom is 0.325 e. The second-order valence-corrected chi connectivity index (χ2v) is 7.63. The van der Waals surface area contributed by atoms with E-state index in [9.17, 15) is 4.79 Å². The zero-order valence-corrected chi connectivity index (χ0v) is 14.2. The Balaban J connectivity index is 4.48. The van der Waals surface area contributed by atoms with Crippen LogP contribution in [0.2, 0.25) is 5.54 Å². The average Bonchev–Trinajstić information content (AvgIpc) is 2.31. The van der Waals surface area contributed by atoms with Gasteiger partial charge in [0.05, 0.1) is 6.54 Å². The fraction of sp³-hybridized carbons (Fsp3) is 0.929. The largest absolute Gasteiger partial charge is 0.394 e. The molecule has 0 saturated heterocycles. The third-order valence-corrected chi connectivity index (χ3v) is 5.83. The zero-order valence-electron chi connectivity index (χ0n) is 13.0. The Morgan fingerprint density at radius 1 is 1.11 bits per heavy atom. The highest BCUT2D eigenvalue weighted by atomic mass is 28.3. The molecule has 0 N–H and O–H groups in total. The molecule has 112 valence electrons. The minimum Gasteiger partial charge on any atom is -0.394 e. The average molecular weight is 287 g/mol. The van der Waals surface area contributed by atoms with Crippen LogP contribution in [0.3, 0.4) is 0 Å². The number of carbonyl (C=O) groups excluding carboxylic acids is 1. The van der Waals surface area contributed by atoms with Crippen molar-refractivity contribution in [3.63, 3.8) is 0 Å². The summed E-state index contributed by atoms with van der Waals surface area (Å²) in [6, 6.07) is 0. The normalized spacial score (nSPS) is 13.1. The van der Waals surface area contributed by atoms with E-state index in [1.165, 1.54) is 0 Å². The van der Waals surface area contributed by atoms with Gasteiger partial charge in [-0.05, 0) is 52.5 Å². The molecule has 0 heterocycles. The van der Waals surface area contributed by atoms with E-state index in [-0.39, 0.29) is 12.2 Å². The Morgan fingerprint density at radius 3 is 2.11 bits per heavy atom. The molecule has 0 bridgehead atoms. The van der Waals surface area contributed by atoms with Crippen molar-refractivity contribution in [3.8, 4) is 0 Å². The third kappa shape index (κ3) is 10.0. The first-order chi connectivity index (χ1) is 9.01. The Labute approximate surface area is 119 Å². The van der Waals surface area contributed by atoms with Crippen LogP contribution in [0, 0.1) is 0 Å². The van der Waals surface area contributed by atoms with Gasteiger partial charge in [-0.15, -0.1) is 0 Å². The van der Waals surface area contributed by atoms with Crippen LogP contribution in [0.1, 0.15) is 60.3 Å². The Hall–Kier alpha value is -0.483. The van der Waals surface area contributed by atoms with Crippen LogP contribution < -0.4 is 0 Å². The van der Waals surface area contributed by atoms with Crippen LogP contribution in [-0.2, 0) is 13.6 Å². The van der Waals surface area contributed by atoms with E-state index in [4.69, 9.17) is 8.85 Å². The minimum absolute atomic E-state index is 0.211. The molecule has 0 aliphatic rings. The van der Waals surface area contributed by atoms with Crippen LogP contribution in [0.5, 0.6) is 0 Å². The number of nitrogens with zero attached hydrogens (tertiary/aromatic N) is 1. The van der Waals surface area contributed by atoms with Crippen molar-refractivity contribution in [3.05, 3.63) is 0 Å². The molecular formula is C14H29NO3Si. The molecule has 0 spiro atoms. The van der Waals surface area contributed by atoms with E-state index in [2.05, 4.69) is 39.6 Å². The topological polar surface area (TPSA) is 47.9 Å². The van der Waals surface area contributed by atoms with Gasteiger partial charge in [-0.3, -0.25) is 0 Å². The smallest absolute Gasteiger partial charge is 0.325 e. The zero-order chi connectivity index (χ0) is 14.7. The van der Waals surface area contributed by atoms with Gasteiger partial charge in [-0.2, -0.15) is 0 Å². The second-order valence-electron chi connectivity index (χ2n) is 5.40. The summed E-state index contributed by atoms with van der Waals surface area (Å²) in [5.74, 6) is 0. The number of rotatable bonds is 11. The molecule has 0 rings (SSSR count). The number of hydrogen-bond donors (Lipinski definition) is 0. The summed E-state index contributed by atoms with van der Waals surface area (Å²) in [5.41, 5.74) is 0.497. The van der Waals surface area contributed by atoms with Crippen molar-refractivity contribution < 1.29 is 13.6 Å². The van der Waals surface area contributed by atoms with E-state index in [0.29, 0.717) is 12.1 Å². The van der Waals surface area contributed by atoms with E-state index in [0.717, 1.165) is 25.7 Å². The van der Waals surface area contributed by atoms with Crippen LogP contribution in [0.4, 0.5) is 0 Å². The summed E-state index contributed by atoms with van der Waals surface area (Å²) >= 11 is 0. The molecule has 0 amide bonds. The molecule has 4 nitrogen and oxygen atoms in total. The summed E-state index contributed by atoms with van der Waals surface area (Å²) in [4.78, 5) is 13.7. The van der Waals surface area contributed by atoms with Gasteiger partial charge in [-0.25, -0.2) is 9.79 Å². The monoisotopic (exact) mass is 287 g/mol. The maximum absolute atomic E-state index is 10.1. The van der Waals surface area contributed by atoms with Gasteiger partial charge < -0.3 is 8.85 Å². The fourth-order valence-corrected chi connectivity index (χ4v) is 4.75. The lowest BCUT2D eigenvalue weighted by Gasteiger charge is -2.28. The quantitative estimate of drug-likeness (QED) is 0.253. The molecule has 0 fully saturated rings. The highest BCUT2D eigenvalue weighted by Gasteiger charge is 2.27. The number of hydrogen-bond acceptors (Lipinski definition) is 4. The maximum atomic E-state index is 10.1.